The van der Waals surface area contributed by atoms with Crippen molar-refractivity contribution >= 4 is 34.4 Å². The van der Waals surface area contributed by atoms with E-state index in [9.17, 15) is 14.0 Å². The number of rotatable bonds is 3. The maximum Gasteiger partial charge on any atom is 0.257 e. The van der Waals surface area contributed by atoms with Crippen molar-refractivity contribution in [2.45, 2.75) is 0 Å². The molecule has 0 aromatic heterocycles. The van der Waals surface area contributed by atoms with Gasteiger partial charge in [0.25, 0.3) is 5.91 Å². The van der Waals surface area contributed by atoms with Crippen LogP contribution >= 0.6 is 0 Å². The van der Waals surface area contributed by atoms with Crippen LogP contribution in [-0.2, 0) is 9.59 Å². The number of para-hydroxylation sites is 1. The van der Waals surface area contributed by atoms with Gasteiger partial charge in [-0.1, -0.05) is 18.2 Å². The van der Waals surface area contributed by atoms with Gasteiger partial charge < -0.3 is 20.9 Å². The molecule has 0 unspecified atom stereocenters. The third-order valence-corrected chi connectivity index (χ3v) is 4.42. The van der Waals surface area contributed by atoms with E-state index in [-0.39, 0.29) is 18.4 Å². The average Bonchev–Trinajstić information content (AvgIpc) is 2.95. The minimum Gasteiger partial charge on any atom is -0.361 e. The van der Waals surface area contributed by atoms with Gasteiger partial charge in [0, 0.05) is 36.2 Å². The number of nitrogens with zero attached hydrogens (tertiary/aromatic N) is 1. The van der Waals surface area contributed by atoms with Gasteiger partial charge in [0.2, 0.25) is 5.91 Å². The van der Waals surface area contributed by atoms with Crippen LogP contribution in [0.2, 0.25) is 0 Å². The highest BCUT2D eigenvalue weighted by molar-refractivity contribution is 6.31. The highest BCUT2D eigenvalue weighted by Gasteiger charge is 2.23. The third kappa shape index (κ3) is 2.99. The third-order valence-electron chi connectivity index (χ3n) is 4.42. The van der Waals surface area contributed by atoms with Crippen LogP contribution in [0.5, 0.6) is 0 Å². The number of carbonyl (C=O) groups excluding carboxylic acids is 2. The maximum atomic E-state index is 14.5. The number of amides is 2. The van der Waals surface area contributed by atoms with E-state index in [0.29, 0.717) is 30.0 Å². The molecule has 2 aliphatic rings. The summed E-state index contributed by atoms with van der Waals surface area (Å²) in [5, 5.41) is 8.48. The molecular weight excluding hydrogens is 335 g/mol. The fraction of sp³-hybridized carbons (Fsp3) is 0.158. The van der Waals surface area contributed by atoms with Crippen LogP contribution in [0.4, 0.5) is 21.5 Å². The van der Waals surface area contributed by atoms with E-state index >= 15 is 0 Å². The molecule has 3 N–H and O–H groups in total. The molecule has 0 radical (unpaired) electrons. The van der Waals surface area contributed by atoms with Crippen molar-refractivity contribution in [3.63, 3.8) is 0 Å². The van der Waals surface area contributed by atoms with Crippen molar-refractivity contribution < 1.29 is 14.0 Å². The zero-order valence-electron chi connectivity index (χ0n) is 13.9. The predicted molar refractivity (Wildman–Crippen MR) is 98.3 cm³/mol. The normalized spacial score (nSPS) is 17.7. The summed E-state index contributed by atoms with van der Waals surface area (Å²) in [6.45, 7) is 1.21. The van der Waals surface area contributed by atoms with Crippen molar-refractivity contribution in [3.05, 3.63) is 60.0 Å². The van der Waals surface area contributed by atoms with Gasteiger partial charge in [-0.15, -0.1) is 0 Å². The molecule has 1 saturated heterocycles. The second-order valence-electron chi connectivity index (χ2n) is 6.14. The summed E-state index contributed by atoms with van der Waals surface area (Å²) in [7, 11) is 0. The van der Waals surface area contributed by atoms with Crippen LogP contribution in [-0.4, -0.2) is 31.4 Å². The quantitative estimate of drug-likeness (QED) is 0.740. The van der Waals surface area contributed by atoms with E-state index in [4.69, 9.17) is 0 Å². The summed E-state index contributed by atoms with van der Waals surface area (Å²) in [4.78, 5) is 25.3. The fourth-order valence-corrected chi connectivity index (χ4v) is 3.14. The van der Waals surface area contributed by atoms with Crippen LogP contribution in [0.15, 0.2) is 48.7 Å². The summed E-state index contributed by atoms with van der Waals surface area (Å²) >= 11 is 0. The van der Waals surface area contributed by atoms with Gasteiger partial charge in [-0.05, 0) is 24.3 Å². The molecule has 2 aliphatic heterocycles. The second kappa shape index (κ2) is 6.51. The molecule has 2 aromatic carbocycles. The van der Waals surface area contributed by atoms with E-state index < -0.39 is 5.82 Å². The first kappa shape index (κ1) is 16.1. The molecule has 0 spiro atoms. The van der Waals surface area contributed by atoms with Crippen LogP contribution in [0.25, 0.3) is 5.57 Å². The molecular formula is C19H17FN4O2. The molecule has 7 heteroatoms. The zero-order chi connectivity index (χ0) is 18.1. The molecule has 1 fully saturated rings. The van der Waals surface area contributed by atoms with Gasteiger partial charge in [-0.25, -0.2) is 4.39 Å². The molecule has 0 saturated carbocycles. The number of carbonyl (C=O) groups is 2. The number of nitrogens with one attached hydrogen (secondary N) is 3. The van der Waals surface area contributed by atoms with E-state index in [1.807, 2.05) is 24.3 Å². The Bertz CT molecular complexity index is 926. The lowest BCUT2D eigenvalue weighted by atomic mass is 10.1. The Labute approximate surface area is 149 Å². The first-order valence-corrected chi connectivity index (χ1v) is 8.30. The highest BCUT2D eigenvalue weighted by atomic mass is 19.1. The summed E-state index contributed by atoms with van der Waals surface area (Å²) in [5.74, 6) is -0.733. The summed E-state index contributed by atoms with van der Waals surface area (Å²) in [5.41, 5.74) is 2.98. The summed E-state index contributed by atoms with van der Waals surface area (Å²) < 4.78 is 14.5. The minimum absolute atomic E-state index is 0.117. The molecule has 4 rings (SSSR count). The molecule has 2 aromatic rings. The Hall–Kier alpha value is -3.35. The lowest BCUT2D eigenvalue weighted by Crippen LogP contribution is -2.48. The molecule has 0 bridgehead atoms. The zero-order valence-corrected chi connectivity index (χ0v) is 13.9. The van der Waals surface area contributed by atoms with Crippen LogP contribution in [0.3, 0.4) is 0 Å². The highest BCUT2D eigenvalue weighted by Crippen LogP contribution is 2.31. The molecule has 0 atom stereocenters. The van der Waals surface area contributed by atoms with Crippen molar-refractivity contribution in [1.29, 1.82) is 0 Å². The molecule has 0 aliphatic carbocycles. The van der Waals surface area contributed by atoms with E-state index in [1.165, 1.54) is 6.07 Å². The van der Waals surface area contributed by atoms with Gasteiger partial charge in [0.15, 0.2) is 0 Å². The Balaban J connectivity index is 1.54. The average molecular weight is 352 g/mol. The molecule has 6 nitrogen and oxygen atoms in total. The topological polar surface area (TPSA) is 73.5 Å². The van der Waals surface area contributed by atoms with Gasteiger partial charge >= 0.3 is 0 Å². The van der Waals surface area contributed by atoms with Crippen molar-refractivity contribution in [2.24, 2.45) is 0 Å². The molecule has 2 heterocycles. The van der Waals surface area contributed by atoms with E-state index in [2.05, 4.69) is 16.0 Å². The number of anilines is 3. The van der Waals surface area contributed by atoms with Crippen LogP contribution in [0, 0.1) is 5.82 Å². The predicted octanol–water partition coefficient (Wildman–Crippen LogP) is 2.17. The van der Waals surface area contributed by atoms with Gasteiger partial charge in [0.05, 0.1) is 17.8 Å². The number of fused-ring (bicyclic) bond motifs is 1. The Morgan fingerprint density at radius 3 is 2.81 bits per heavy atom. The molecule has 132 valence electrons. The van der Waals surface area contributed by atoms with Crippen LogP contribution < -0.4 is 20.9 Å². The number of piperazine rings is 1. The number of hydrogen-bond acceptors (Lipinski definition) is 4. The standard InChI is InChI=1S/C19H17FN4O2/c20-15-9-12(5-6-17(15)24-8-7-21-18(25)11-24)22-10-14-13-3-1-2-4-16(13)23-19(14)26/h1-6,9-10,22H,7-8,11H2,(H,21,25)(H,23,26). The monoisotopic (exact) mass is 352 g/mol. The van der Waals surface area contributed by atoms with Crippen molar-refractivity contribution in [1.82, 2.24) is 5.32 Å². The Kier molecular flexibility index (Phi) is 4.04. The number of benzene rings is 2. The van der Waals surface area contributed by atoms with E-state index in [1.54, 1.807) is 23.2 Å². The summed E-state index contributed by atoms with van der Waals surface area (Å²) in [6, 6.07) is 12.1. The lowest BCUT2D eigenvalue weighted by molar-refractivity contribution is -0.120. The largest absolute Gasteiger partial charge is 0.361 e. The second-order valence-corrected chi connectivity index (χ2v) is 6.14. The molecule has 26 heavy (non-hydrogen) atoms. The van der Waals surface area contributed by atoms with Crippen LogP contribution in [0.1, 0.15) is 5.56 Å². The van der Waals surface area contributed by atoms with Crippen molar-refractivity contribution in [3.8, 4) is 0 Å². The van der Waals surface area contributed by atoms with Gasteiger partial charge in [-0.3, -0.25) is 9.59 Å². The Morgan fingerprint density at radius 1 is 1.15 bits per heavy atom. The van der Waals surface area contributed by atoms with E-state index in [0.717, 1.165) is 11.3 Å². The number of hydrogen-bond donors (Lipinski definition) is 3. The maximum absolute atomic E-state index is 14.5. The van der Waals surface area contributed by atoms with Crippen molar-refractivity contribution in [2.75, 3.05) is 35.2 Å². The SMILES string of the molecule is O=C1CN(c2ccc(NC=C3C(=O)Nc4ccccc43)cc2F)CCN1. The van der Waals surface area contributed by atoms with Gasteiger partial charge in [0.1, 0.15) is 5.82 Å². The first-order chi connectivity index (χ1) is 12.6. The number of halogens is 1. The summed E-state index contributed by atoms with van der Waals surface area (Å²) in [6.07, 6.45) is 1.57. The lowest BCUT2D eigenvalue weighted by Gasteiger charge is -2.29. The molecule has 2 amide bonds. The first-order valence-electron chi connectivity index (χ1n) is 8.30. The van der Waals surface area contributed by atoms with Gasteiger partial charge in [-0.2, -0.15) is 0 Å². The smallest absolute Gasteiger partial charge is 0.257 e. The minimum atomic E-state index is -0.417. The fourth-order valence-electron chi connectivity index (χ4n) is 3.14. The Morgan fingerprint density at radius 2 is 2.00 bits per heavy atom.